The molecule has 0 unspecified atom stereocenters. The molecule has 1 fully saturated rings. The number of rotatable bonds is 3. The second kappa shape index (κ2) is 6.86. The summed E-state index contributed by atoms with van der Waals surface area (Å²) in [6, 6.07) is 3.77. The molecule has 1 aromatic heterocycles. The van der Waals surface area contributed by atoms with Crippen molar-refractivity contribution in [1.29, 1.82) is 0 Å². The van der Waals surface area contributed by atoms with Crippen molar-refractivity contribution < 1.29 is 19.0 Å². The number of hydrogen-bond donors (Lipinski definition) is 0. The van der Waals surface area contributed by atoms with Gasteiger partial charge in [-0.1, -0.05) is 13.8 Å². The highest BCUT2D eigenvalue weighted by atomic mass is 16.7. The lowest BCUT2D eigenvalue weighted by Gasteiger charge is -2.34. The molecule has 8 nitrogen and oxygen atoms in total. The molecule has 1 saturated heterocycles. The molecule has 138 valence electrons. The number of amides is 1. The van der Waals surface area contributed by atoms with Gasteiger partial charge in [-0.15, -0.1) is 0 Å². The molecule has 2 aromatic rings. The highest BCUT2D eigenvalue weighted by molar-refractivity contribution is 5.83. The van der Waals surface area contributed by atoms with E-state index in [-0.39, 0.29) is 12.9 Å². The van der Waals surface area contributed by atoms with Crippen LogP contribution in [0.15, 0.2) is 18.3 Å². The maximum atomic E-state index is 12.1. The van der Waals surface area contributed by atoms with Crippen molar-refractivity contribution >= 4 is 22.9 Å². The number of anilines is 1. The van der Waals surface area contributed by atoms with E-state index in [4.69, 9.17) is 14.2 Å². The molecule has 2 aliphatic rings. The highest BCUT2D eigenvalue weighted by Gasteiger charge is 2.24. The predicted molar refractivity (Wildman–Crippen MR) is 95.6 cm³/mol. The van der Waals surface area contributed by atoms with Crippen molar-refractivity contribution in [2.45, 2.75) is 13.8 Å². The zero-order valence-corrected chi connectivity index (χ0v) is 15.0. The summed E-state index contributed by atoms with van der Waals surface area (Å²) < 4.78 is 16.1. The first-order valence-corrected chi connectivity index (χ1v) is 8.83. The molecule has 26 heavy (non-hydrogen) atoms. The van der Waals surface area contributed by atoms with E-state index in [2.05, 4.69) is 14.9 Å². The normalized spacial score (nSPS) is 16.4. The monoisotopic (exact) mass is 358 g/mol. The molecule has 8 heteroatoms. The van der Waals surface area contributed by atoms with Gasteiger partial charge in [0.1, 0.15) is 0 Å². The molecule has 3 heterocycles. The Morgan fingerprint density at radius 3 is 2.65 bits per heavy atom. The van der Waals surface area contributed by atoms with Crippen molar-refractivity contribution in [3.63, 3.8) is 0 Å². The van der Waals surface area contributed by atoms with E-state index in [9.17, 15) is 4.79 Å². The van der Waals surface area contributed by atoms with Gasteiger partial charge in [-0.05, 0) is 12.0 Å². The number of carbonyl (C=O) groups excluding carboxylic acids is 1. The van der Waals surface area contributed by atoms with Gasteiger partial charge in [-0.2, -0.15) is 0 Å². The van der Waals surface area contributed by atoms with Crippen LogP contribution in [0.25, 0.3) is 10.9 Å². The minimum absolute atomic E-state index is 0.237. The molecule has 1 amide bonds. The zero-order valence-electron chi connectivity index (χ0n) is 15.0. The van der Waals surface area contributed by atoms with E-state index < -0.39 is 0 Å². The molecule has 0 atom stereocenters. The first-order valence-electron chi connectivity index (χ1n) is 8.83. The quantitative estimate of drug-likeness (QED) is 0.833. The average molecular weight is 358 g/mol. The molecule has 1 aromatic carbocycles. The zero-order chi connectivity index (χ0) is 18.1. The minimum Gasteiger partial charge on any atom is -0.454 e. The van der Waals surface area contributed by atoms with E-state index in [0.717, 1.165) is 16.7 Å². The standard InChI is InChI=1S/C18H22N4O4/c1-12(2)10-24-18(23)22-5-3-21(4-6-22)17-19-9-13-7-15-16(26-11-25-15)8-14(13)20-17/h7-9,12H,3-6,10-11H2,1-2H3. The number of benzene rings is 1. The fraction of sp³-hybridized carbons (Fsp3) is 0.500. The average Bonchev–Trinajstić information content (AvgIpc) is 3.11. The SMILES string of the molecule is CC(C)COC(=O)N1CCN(c2ncc3cc4c(cc3n2)OCO4)CC1. The first kappa shape index (κ1) is 16.7. The van der Waals surface area contributed by atoms with Gasteiger partial charge >= 0.3 is 6.09 Å². The number of aromatic nitrogens is 2. The molecule has 0 saturated carbocycles. The van der Waals surface area contributed by atoms with Crippen LogP contribution in [0.2, 0.25) is 0 Å². The number of hydrogen-bond acceptors (Lipinski definition) is 7. The summed E-state index contributed by atoms with van der Waals surface area (Å²) in [6.07, 6.45) is 1.55. The van der Waals surface area contributed by atoms with Gasteiger partial charge in [0, 0.05) is 43.8 Å². The molecule has 0 spiro atoms. The van der Waals surface area contributed by atoms with E-state index in [1.165, 1.54) is 0 Å². The van der Waals surface area contributed by atoms with Gasteiger partial charge in [0.15, 0.2) is 11.5 Å². The molecule has 0 N–H and O–H groups in total. The smallest absolute Gasteiger partial charge is 0.409 e. The van der Waals surface area contributed by atoms with Crippen LogP contribution in [0.1, 0.15) is 13.8 Å². The second-order valence-electron chi connectivity index (χ2n) is 6.88. The molecular formula is C18H22N4O4. The van der Waals surface area contributed by atoms with Crippen molar-refractivity contribution in [1.82, 2.24) is 14.9 Å². The number of carbonyl (C=O) groups is 1. The maximum absolute atomic E-state index is 12.1. The van der Waals surface area contributed by atoms with E-state index >= 15 is 0 Å². The largest absolute Gasteiger partial charge is 0.454 e. The summed E-state index contributed by atoms with van der Waals surface area (Å²) >= 11 is 0. The van der Waals surface area contributed by atoms with Crippen molar-refractivity contribution in [3.05, 3.63) is 18.3 Å². The Hall–Kier alpha value is -2.77. The Balaban J connectivity index is 1.43. The molecule has 2 aliphatic heterocycles. The van der Waals surface area contributed by atoms with Gasteiger partial charge in [0.25, 0.3) is 0 Å². The third-order valence-electron chi connectivity index (χ3n) is 4.42. The Labute approximate surface area is 151 Å². The topological polar surface area (TPSA) is 77.0 Å². The van der Waals surface area contributed by atoms with Crippen molar-refractivity contribution in [2.75, 3.05) is 44.5 Å². The Morgan fingerprint density at radius 1 is 1.19 bits per heavy atom. The van der Waals surface area contributed by atoms with Crippen molar-refractivity contribution in [2.24, 2.45) is 5.92 Å². The van der Waals surface area contributed by atoms with E-state index in [1.807, 2.05) is 26.0 Å². The van der Waals surface area contributed by atoms with Crippen LogP contribution >= 0.6 is 0 Å². The molecule has 0 radical (unpaired) electrons. The van der Waals surface area contributed by atoms with Gasteiger partial charge < -0.3 is 24.0 Å². The first-order chi connectivity index (χ1) is 12.6. The van der Waals surface area contributed by atoms with Gasteiger partial charge in [-0.3, -0.25) is 0 Å². The summed E-state index contributed by atoms with van der Waals surface area (Å²) in [4.78, 5) is 25.0. The van der Waals surface area contributed by atoms with Crippen LogP contribution in [0.5, 0.6) is 11.5 Å². The lowest BCUT2D eigenvalue weighted by Crippen LogP contribution is -2.49. The van der Waals surface area contributed by atoms with Crippen LogP contribution in [-0.2, 0) is 4.74 Å². The summed E-state index contributed by atoms with van der Waals surface area (Å²) in [5.41, 5.74) is 0.818. The Bertz CT molecular complexity index is 818. The fourth-order valence-corrected chi connectivity index (χ4v) is 2.98. The van der Waals surface area contributed by atoms with Crippen LogP contribution in [0, 0.1) is 5.92 Å². The van der Waals surface area contributed by atoms with Crippen LogP contribution in [0.3, 0.4) is 0 Å². The summed E-state index contributed by atoms with van der Waals surface area (Å²) in [5, 5.41) is 0.911. The number of piperazine rings is 1. The van der Waals surface area contributed by atoms with Crippen LogP contribution < -0.4 is 14.4 Å². The molecule has 0 bridgehead atoms. The highest BCUT2D eigenvalue weighted by Crippen LogP contribution is 2.35. The Morgan fingerprint density at radius 2 is 1.92 bits per heavy atom. The summed E-state index contributed by atoms with van der Waals surface area (Å²) in [6.45, 7) is 7.27. The van der Waals surface area contributed by atoms with Gasteiger partial charge in [0.05, 0.1) is 12.1 Å². The molecule has 4 rings (SSSR count). The van der Waals surface area contributed by atoms with E-state index in [1.54, 1.807) is 11.1 Å². The van der Waals surface area contributed by atoms with Gasteiger partial charge in [0.2, 0.25) is 12.7 Å². The summed E-state index contributed by atoms with van der Waals surface area (Å²) in [7, 11) is 0. The second-order valence-corrected chi connectivity index (χ2v) is 6.88. The fourth-order valence-electron chi connectivity index (χ4n) is 2.98. The molecule has 0 aliphatic carbocycles. The van der Waals surface area contributed by atoms with E-state index in [0.29, 0.717) is 50.4 Å². The van der Waals surface area contributed by atoms with Crippen LogP contribution in [0.4, 0.5) is 10.7 Å². The minimum atomic E-state index is -0.245. The number of nitrogens with zero attached hydrogens (tertiary/aromatic N) is 4. The maximum Gasteiger partial charge on any atom is 0.409 e. The lowest BCUT2D eigenvalue weighted by molar-refractivity contribution is 0.0900. The summed E-state index contributed by atoms with van der Waals surface area (Å²) in [5.74, 6) is 2.43. The number of ether oxygens (including phenoxy) is 3. The third-order valence-corrected chi connectivity index (χ3v) is 4.42. The van der Waals surface area contributed by atoms with Crippen LogP contribution in [-0.4, -0.2) is 60.5 Å². The van der Waals surface area contributed by atoms with Crippen molar-refractivity contribution in [3.8, 4) is 11.5 Å². The number of fused-ring (bicyclic) bond motifs is 2. The molecular weight excluding hydrogens is 336 g/mol. The van der Waals surface area contributed by atoms with Gasteiger partial charge in [-0.25, -0.2) is 14.8 Å². The third kappa shape index (κ3) is 3.31. The Kier molecular flexibility index (Phi) is 4.40. The lowest BCUT2D eigenvalue weighted by atomic mass is 10.2. The predicted octanol–water partition coefficient (Wildman–Crippen LogP) is 2.27.